The Kier molecular flexibility index (Phi) is 7.50. The van der Waals surface area contributed by atoms with Crippen molar-refractivity contribution < 1.29 is 14.3 Å². The van der Waals surface area contributed by atoms with E-state index in [1.165, 1.54) is 35.1 Å². The minimum absolute atomic E-state index is 0.143. The number of thioether (sulfide) groups is 1. The molecule has 0 radical (unpaired) electrons. The second-order valence-corrected chi connectivity index (χ2v) is 10.7. The highest BCUT2D eigenvalue weighted by Crippen LogP contribution is 2.39. The summed E-state index contributed by atoms with van der Waals surface area (Å²) < 4.78 is 6.84. The van der Waals surface area contributed by atoms with Crippen molar-refractivity contribution in [3.05, 3.63) is 57.1 Å². The Morgan fingerprint density at radius 1 is 1.18 bits per heavy atom. The maximum atomic E-state index is 12.6. The van der Waals surface area contributed by atoms with Gasteiger partial charge >= 0.3 is 5.97 Å². The van der Waals surface area contributed by atoms with Crippen molar-refractivity contribution in [3.63, 3.8) is 0 Å². The van der Waals surface area contributed by atoms with Crippen LogP contribution in [0.3, 0.4) is 0 Å². The summed E-state index contributed by atoms with van der Waals surface area (Å²) in [5.41, 5.74) is 3.70. The third kappa shape index (κ3) is 4.94. The molecule has 0 spiro atoms. The van der Waals surface area contributed by atoms with Crippen LogP contribution in [0.5, 0.6) is 0 Å². The minimum atomic E-state index is -0.469. The topological polar surface area (TPSA) is 86.1 Å². The molecule has 0 bridgehead atoms. The van der Waals surface area contributed by atoms with Crippen LogP contribution >= 0.6 is 34.4 Å². The average molecular weight is 513 g/mol. The molecule has 4 rings (SSSR count). The lowest BCUT2D eigenvalue weighted by atomic mass is 10.0. The molecule has 3 aromatic heterocycles. The monoisotopic (exact) mass is 512 g/mol. The Hall–Kier alpha value is -2.95. The van der Waals surface area contributed by atoms with Crippen molar-refractivity contribution in [1.29, 1.82) is 0 Å². The largest absolute Gasteiger partial charge is 0.465 e. The highest BCUT2D eigenvalue weighted by Gasteiger charge is 2.21. The first kappa shape index (κ1) is 24.2. The number of carbonyl (C=O) groups is 2. The summed E-state index contributed by atoms with van der Waals surface area (Å²) >= 11 is 4.35. The van der Waals surface area contributed by atoms with Crippen LogP contribution in [0.25, 0.3) is 22.5 Å². The number of ether oxygens (including phenoxy) is 1. The molecule has 0 saturated heterocycles. The number of nitrogens with one attached hydrogen (secondary N) is 1. The number of amides is 1. The van der Waals surface area contributed by atoms with Crippen molar-refractivity contribution in [2.45, 2.75) is 32.5 Å². The number of hydrogen-bond donors (Lipinski definition) is 1. The summed E-state index contributed by atoms with van der Waals surface area (Å²) in [7, 11) is 1.32. The van der Waals surface area contributed by atoms with E-state index < -0.39 is 5.97 Å². The summed E-state index contributed by atoms with van der Waals surface area (Å²) in [5, 5.41) is 15.0. The van der Waals surface area contributed by atoms with E-state index in [1.807, 2.05) is 36.6 Å². The van der Waals surface area contributed by atoms with Crippen LogP contribution < -0.4 is 5.32 Å². The van der Waals surface area contributed by atoms with Crippen molar-refractivity contribution in [2.24, 2.45) is 0 Å². The molecule has 4 aromatic rings. The molecule has 7 nitrogen and oxygen atoms in total. The fraction of sp³-hybridized carbons (Fsp3) is 0.250. The van der Waals surface area contributed by atoms with Gasteiger partial charge < -0.3 is 14.6 Å². The molecule has 0 fully saturated rings. The molecule has 0 saturated carbocycles. The zero-order valence-corrected chi connectivity index (χ0v) is 21.7. The first-order valence-electron chi connectivity index (χ1n) is 10.6. The zero-order valence-electron chi connectivity index (χ0n) is 19.2. The van der Waals surface area contributed by atoms with Crippen molar-refractivity contribution >= 4 is 51.3 Å². The van der Waals surface area contributed by atoms with Crippen LogP contribution in [0, 0.1) is 13.8 Å². The van der Waals surface area contributed by atoms with Gasteiger partial charge in [0.15, 0.2) is 11.0 Å². The van der Waals surface area contributed by atoms with Crippen LogP contribution in [-0.4, -0.2) is 39.5 Å². The van der Waals surface area contributed by atoms with Gasteiger partial charge in [-0.25, -0.2) is 4.79 Å². The summed E-state index contributed by atoms with van der Waals surface area (Å²) in [4.78, 5) is 26.7. The number of benzene rings is 1. The Balaban J connectivity index is 1.53. The molecular weight excluding hydrogens is 488 g/mol. The molecule has 1 N–H and O–H groups in total. The highest BCUT2D eigenvalue weighted by molar-refractivity contribution is 7.99. The van der Waals surface area contributed by atoms with E-state index in [-0.39, 0.29) is 11.7 Å². The van der Waals surface area contributed by atoms with Crippen LogP contribution in [0.4, 0.5) is 5.00 Å². The molecule has 10 heteroatoms. The Bertz CT molecular complexity index is 1320. The van der Waals surface area contributed by atoms with Gasteiger partial charge in [-0.2, -0.15) is 0 Å². The van der Waals surface area contributed by atoms with Gasteiger partial charge in [0.1, 0.15) is 5.00 Å². The molecule has 1 aromatic carbocycles. The van der Waals surface area contributed by atoms with E-state index in [0.717, 1.165) is 27.4 Å². The number of hydrogen-bond acceptors (Lipinski definition) is 8. The minimum Gasteiger partial charge on any atom is -0.465 e. The summed E-state index contributed by atoms with van der Waals surface area (Å²) in [5.74, 6) is 0.239. The summed E-state index contributed by atoms with van der Waals surface area (Å²) in [6.45, 7) is 6.70. The Morgan fingerprint density at radius 3 is 2.65 bits per heavy atom. The summed E-state index contributed by atoms with van der Waals surface area (Å²) in [6.07, 6.45) is 0. The number of rotatable bonds is 8. The molecule has 1 amide bonds. The third-order valence-electron chi connectivity index (χ3n) is 5.16. The van der Waals surface area contributed by atoms with E-state index in [0.29, 0.717) is 22.3 Å². The Labute approximate surface area is 210 Å². The van der Waals surface area contributed by atoms with Gasteiger partial charge in [0.05, 0.1) is 18.4 Å². The molecule has 0 atom stereocenters. The normalized spacial score (nSPS) is 10.9. The highest BCUT2D eigenvalue weighted by atomic mass is 32.2. The van der Waals surface area contributed by atoms with Crippen LogP contribution in [0.15, 0.2) is 46.9 Å². The number of thiophene rings is 2. The van der Waals surface area contributed by atoms with Gasteiger partial charge in [0.2, 0.25) is 5.91 Å². The van der Waals surface area contributed by atoms with E-state index in [4.69, 9.17) is 4.74 Å². The number of anilines is 1. The van der Waals surface area contributed by atoms with Gasteiger partial charge in [0.25, 0.3) is 0 Å². The SMILES string of the molecule is CCn1c(SCC(=O)Nc2sc(C)cc2C(=O)OC)nnc1-c1csc(C)c1-c1ccccc1. The number of methoxy groups -OCH3 is 1. The van der Waals surface area contributed by atoms with E-state index >= 15 is 0 Å². The Morgan fingerprint density at radius 2 is 1.94 bits per heavy atom. The number of esters is 1. The lowest BCUT2D eigenvalue weighted by molar-refractivity contribution is -0.113. The molecule has 176 valence electrons. The lowest BCUT2D eigenvalue weighted by Crippen LogP contribution is -2.16. The fourth-order valence-electron chi connectivity index (χ4n) is 3.62. The van der Waals surface area contributed by atoms with E-state index in [1.54, 1.807) is 17.4 Å². The first-order valence-corrected chi connectivity index (χ1v) is 13.3. The predicted octanol–water partition coefficient (Wildman–Crippen LogP) is 5.89. The molecule has 0 unspecified atom stereocenters. The quantitative estimate of drug-likeness (QED) is 0.234. The van der Waals surface area contributed by atoms with E-state index in [9.17, 15) is 9.59 Å². The van der Waals surface area contributed by atoms with Gasteiger partial charge in [-0.15, -0.1) is 32.9 Å². The van der Waals surface area contributed by atoms with Gasteiger partial charge in [0, 0.05) is 32.8 Å². The second-order valence-electron chi connectivity index (χ2n) is 7.43. The van der Waals surface area contributed by atoms with Crippen LogP contribution in [0.2, 0.25) is 0 Å². The lowest BCUT2D eigenvalue weighted by Gasteiger charge is -2.09. The summed E-state index contributed by atoms with van der Waals surface area (Å²) in [6, 6.07) is 12.0. The first-order chi connectivity index (χ1) is 16.4. The zero-order chi connectivity index (χ0) is 24.2. The van der Waals surface area contributed by atoms with Gasteiger partial charge in [-0.3, -0.25) is 4.79 Å². The van der Waals surface area contributed by atoms with Crippen molar-refractivity contribution in [3.8, 4) is 22.5 Å². The third-order valence-corrected chi connectivity index (χ3v) is 8.00. The molecule has 34 heavy (non-hydrogen) atoms. The van der Waals surface area contributed by atoms with Crippen LogP contribution in [-0.2, 0) is 16.1 Å². The van der Waals surface area contributed by atoms with Gasteiger partial charge in [-0.1, -0.05) is 42.1 Å². The average Bonchev–Trinajstić information content (AvgIpc) is 3.53. The number of nitrogens with zero attached hydrogens (tertiary/aromatic N) is 3. The number of carbonyl (C=O) groups excluding carboxylic acids is 2. The van der Waals surface area contributed by atoms with Crippen molar-refractivity contribution in [1.82, 2.24) is 14.8 Å². The van der Waals surface area contributed by atoms with E-state index in [2.05, 4.69) is 40.0 Å². The van der Waals surface area contributed by atoms with Crippen molar-refractivity contribution in [2.75, 3.05) is 18.2 Å². The molecule has 0 aliphatic heterocycles. The standard InChI is InChI=1S/C24H24N4O3S3/c1-5-28-21(18-12-32-15(3)20(18)16-9-7-6-8-10-16)26-27-24(28)33-13-19(29)25-22-17(23(30)31-4)11-14(2)34-22/h6-12H,5,13H2,1-4H3,(H,25,29). The molecular formula is C24H24N4O3S3. The molecule has 3 heterocycles. The number of aromatic nitrogens is 3. The maximum absolute atomic E-state index is 12.6. The second kappa shape index (κ2) is 10.5. The van der Waals surface area contributed by atoms with Gasteiger partial charge in [-0.05, 0) is 32.4 Å². The smallest absolute Gasteiger partial charge is 0.340 e. The fourth-order valence-corrected chi connectivity index (χ4v) is 6.21. The molecule has 0 aliphatic carbocycles. The van der Waals surface area contributed by atoms with Crippen LogP contribution in [0.1, 0.15) is 27.0 Å². The maximum Gasteiger partial charge on any atom is 0.340 e. The predicted molar refractivity (Wildman–Crippen MR) is 139 cm³/mol. The molecule has 0 aliphatic rings. The number of aryl methyl sites for hydroxylation is 2.